The molecule has 1 aliphatic carbocycles. The smallest absolute Gasteiger partial charge is 0.325 e. The number of ether oxygens (including phenoxy) is 1. The van der Waals surface area contributed by atoms with E-state index in [-0.39, 0.29) is 5.97 Å². The summed E-state index contributed by atoms with van der Waals surface area (Å²) in [4.78, 5) is 16.7. The Bertz CT molecular complexity index is 337. The number of likely N-dealkylation sites (N-methyl/N-ethyl adjacent to an activating group) is 1. The highest BCUT2D eigenvalue weighted by Crippen LogP contribution is 2.33. The molecule has 1 saturated carbocycles. The molecule has 0 aromatic carbocycles. The minimum Gasteiger partial charge on any atom is -0.468 e. The van der Waals surface area contributed by atoms with Crippen molar-refractivity contribution in [2.24, 2.45) is 5.73 Å². The van der Waals surface area contributed by atoms with Gasteiger partial charge < -0.3 is 15.4 Å². The Morgan fingerprint density at radius 3 is 2.84 bits per heavy atom. The van der Waals surface area contributed by atoms with Crippen LogP contribution in [0.2, 0.25) is 0 Å². The zero-order valence-electron chi connectivity index (χ0n) is 12.4. The highest BCUT2D eigenvalue weighted by Gasteiger charge is 2.45. The van der Waals surface area contributed by atoms with Gasteiger partial charge in [-0.05, 0) is 52.7 Å². The molecule has 0 radical (unpaired) electrons. The summed E-state index contributed by atoms with van der Waals surface area (Å²) in [6, 6.07) is 0.947. The first-order valence-corrected chi connectivity index (χ1v) is 7.28. The zero-order chi connectivity index (χ0) is 14.0. The lowest BCUT2D eigenvalue weighted by atomic mass is 9.99. The van der Waals surface area contributed by atoms with Crippen LogP contribution < -0.4 is 5.73 Å². The van der Waals surface area contributed by atoms with E-state index in [1.54, 1.807) is 0 Å². The third kappa shape index (κ3) is 3.09. The summed E-state index contributed by atoms with van der Waals surface area (Å²) in [5.74, 6) is -0.255. The first kappa shape index (κ1) is 14.8. The maximum absolute atomic E-state index is 11.8. The van der Waals surface area contributed by atoms with Gasteiger partial charge in [0.15, 0.2) is 0 Å². The predicted octanol–water partition coefficient (Wildman–Crippen LogP) is 0.435. The van der Waals surface area contributed by atoms with E-state index in [1.165, 1.54) is 13.5 Å². The van der Waals surface area contributed by atoms with Crippen molar-refractivity contribution >= 4 is 5.97 Å². The Balaban J connectivity index is 2.01. The zero-order valence-corrected chi connectivity index (χ0v) is 12.4. The molecule has 1 heterocycles. The molecule has 2 aliphatic rings. The highest BCUT2D eigenvalue weighted by molar-refractivity contribution is 5.81. The second kappa shape index (κ2) is 5.77. The molecule has 1 saturated heterocycles. The van der Waals surface area contributed by atoms with Crippen LogP contribution in [0.5, 0.6) is 0 Å². The molecule has 0 aromatic rings. The molecule has 19 heavy (non-hydrogen) atoms. The van der Waals surface area contributed by atoms with Crippen LogP contribution in [-0.2, 0) is 9.53 Å². The number of carbonyl (C=O) groups is 1. The molecule has 5 heteroatoms. The Labute approximate surface area is 116 Å². The number of carbonyl (C=O) groups excluding carboxylic acids is 1. The van der Waals surface area contributed by atoms with Crippen molar-refractivity contribution in [1.82, 2.24) is 9.80 Å². The predicted molar refractivity (Wildman–Crippen MR) is 74.9 cm³/mol. The van der Waals surface area contributed by atoms with Gasteiger partial charge in [-0.2, -0.15) is 0 Å². The number of esters is 1. The van der Waals surface area contributed by atoms with E-state index in [4.69, 9.17) is 10.5 Å². The molecule has 110 valence electrons. The molecule has 0 amide bonds. The topological polar surface area (TPSA) is 58.8 Å². The van der Waals surface area contributed by atoms with Crippen LogP contribution in [0.15, 0.2) is 0 Å². The van der Waals surface area contributed by atoms with Crippen molar-refractivity contribution in [3.63, 3.8) is 0 Å². The van der Waals surface area contributed by atoms with Crippen molar-refractivity contribution in [2.45, 2.75) is 50.2 Å². The van der Waals surface area contributed by atoms with Crippen LogP contribution in [-0.4, -0.2) is 67.2 Å². The van der Waals surface area contributed by atoms with Crippen LogP contribution in [0.3, 0.4) is 0 Å². The number of rotatable bonds is 2. The van der Waals surface area contributed by atoms with Gasteiger partial charge in [0.05, 0.1) is 7.11 Å². The monoisotopic (exact) mass is 269 g/mol. The van der Waals surface area contributed by atoms with E-state index in [0.717, 1.165) is 38.9 Å². The summed E-state index contributed by atoms with van der Waals surface area (Å²) in [6.07, 6.45) is 3.66. The van der Waals surface area contributed by atoms with Crippen molar-refractivity contribution in [2.75, 3.05) is 33.8 Å². The molecule has 5 nitrogen and oxygen atoms in total. The third-order valence-corrected chi connectivity index (χ3v) is 4.68. The molecule has 0 aromatic heterocycles. The van der Waals surface area contributed by atoms with Crippen LogP contribution >= 0.6 is 0 Å². The van der Waals surface area contributed by atoms with E-state index in [1.807, 2.05) is 0 Å². The summed E-state index contributed by atoms with van der Waals surface area (Å²) >= 11 is 0. The van der Waals surface area contributed by atoms with Gasteiger partial charge in [0.1, 0.15) is 5.54 Å². The fourth-order valence-corrected chi connectivity index (χ4v) is 3.65. The normalized spacial score (nSPS) is 38.1. The minimum atomic E-state index is -0.767. The summed E-state index contributed by atoms with van der Waals surface area (Å²) in [5, 5.41) is 0. The summed E-state index contributed by atoms with van der Waals surface area (Å²) < 4.78 is 4.85. The van der Waals surface area contributed by atoms with E-state index in [9.17, 15) is 4.79 Å². The molecule has 1 aliphatic heterocycles. The highest BCUT2D eigenvalue weighted by atomic mass is 16.5. The average Bonchev–Trinajstić information content (AvgIpc) is 2.68. The van der Waals surface area contributed by atoms with E-state index in [2.05, 4.69) is 23.8 Å². The Morgan fingerprint density at radius 2 is 2.16 bits per heavy atom. The van der Waals surface area contributed by atoms with Crippen LogP contribution in [0.4, 0.5) is 0 Å². The molecule has 0 bridgehead atoms. The fourth-order valence-electron chi connectivity index (χ4n) is 3.65. The maximum atomic E-state index is 11.8. The molecular formula is C14H27N3O2. The lowest BCUT2D eigenvalue weighted by Gasteiger charge is -2.34. The molecule has 2 fully saturated rings. The van der Waals surface area contributed by atoms with E-state index in [0.29, 0.717) is 12.1 Å². The minimum absolute atomic E-state index is 0.255. The lowest BCUT2D eigenvalue weighted by Crippen LogP contribution is -2.49. The van der Waals surface area contributed by atoms with E-state index >= 15 is 0 Å². The van der Waals surface area contributed by atoms with Gasteiger partial charge in [-0.3, -0.25) is 9.69 Å². The van der Waals surface area contributed by atoms with Gasteiger partial charge in [0.2, 0.25) is 0 Å². The van der Waals surface area contributed by atoms with Crippen LogP contribution in [0.25, 0.3) is 0 Å². The molecule has 3 atom stereocenters. The molecule has 3 unspecified atom stereocenters. The first-order valence-electron chi connectivity index (χ1n) is 7.28. The van der Waals surface area contributed by atoms with Crippen molar-refractivity contribution in [3.8, 4) is 0 Å². The lowest BCUT2D eigenvalue weighted by molar-refractivity contribution is -0.147. The fraction of sp³-hybridized carbons (Fsp3) is 0.929. The molecule has 0 spiro atoms. The SMILES string of the molecule is COC(=O)C1(N)CCC(N2CCCN(C)CC2C)C1. The Hall–Kier alpha value is -0.650. The van der Waals surface area contributed by atoms with Crippen molar-refractivity contribution < 1.29 is 9.53 Å². The van der Waals surface area contributed by atoms with Gasteiger partial charge >= 0.3 is 5.97 Å². The number of methoxy groups -OCH3 is 1. The van der Waals surface area contributed by atoms with Gasteiger partial charge in [-0.25, -0.2) is 0 Å². The number of hydrogen-bond acceptors (Lipinski definition) is 5. The number of nitrogens with zero attached hydrogens (tertiary/aromatic N) is 2. The summed E-state index contributed by atoms with van der Waals surface area (Å²) in [6.45, 7) is 5.62. The summed E-state index contributed by atoms with van der Waals surface area (Å²) in [5.41, 5.74) is 5.44. The summed E-state index contributed by atoms with van der Waals surface area (Å²) in [7, 11) is 3.60. The van der Waals surface area contributed by atoms with Crippen molar-refractivity contribution in [1.29, 1.82) is 0 Å². The maximum Gasteiger partial charge on any atom is 0.325 e. The molecular weight excluding hydrogens is 242 g/mol. The third-order valence-electron chi connectivity index (χ3n) is 4.68. The number of hydrogen-bond donors (Lipinski definition) is 1. The number of nitrogens with two attached hydrogens (primary N) is 1. The van der Waals surface area contributed by atoms with Gasteiger partial charge in [0.25, 0.3) is 0 Å². The van der Waals surface area contributed by atoms with Gasteiger partial charge in [0, 0.05) is 18.6 Å². The Morgan fingerprint density at radius 1 is 1.42 bits per heavy atom. The molecule has 2 N–H and O–H groups in total. The molecule has 2 rings (SSSR count). The quantitative estimate of drug-likeness (QED) is 0.737. The van der Waals surface area contributed by atoms with E-state index < -0.39 is 5.54 Å². The average molecular weight is 269 g/mol. The second-order valence-electron chi connectivity index (χ2n) is 6.25. The van der Waals surface area contributed by atoms with Crippen LogP contribution in [0.1, 0.15) is 32.6 Å². The van der Waals surface area contributed by atoms with Crippen LogP contribution in [0, 0.1) is 0 Å². The van der Waals surface area contributed by atoms with Crippen molar-refractivity contribution in [3.05, 3.63) is 0 Å². The second-order valence-corrected chi connectivity index (χ2v) is 6.25. The standard InChI is InChI=1S/C14H27N3O2/c1-11-10-16(2)7-4-8-17(11)12-5-6-14(15,9-12)13(18)19-3/h11-12H,4-10,15H2,1-3H3. The van der Waals surface area contributed by atoms with Gasteiger partial charge in [-0.1, -0.05) is 0 Å². The largest absolute Gasteiger partial charge is 0.468 e. The Kier molecular flexibility index (Phi) is 4.48. The first-order chi connectivity index (χ1) is 8.96. The van der Waals surface area contributed by atoms with Gasteiger partial charge in [-0.15, -0.1) is 0 Å².